The van der Waals surface area contributed by atoms with Gasteiger partial charge in [-0.25, -0.2) is 0 Å². The molecule has 2 saturated heterocycles. The van der Waals surface area contributed by atoms with E-state index < -0.39 is 0 Å². The average Bonchev–Trinajstić information content (AvgIpc) is 1.84. The molecule has 64 valence electrons. The number of hydrogen-bond donors (Lipinski definition) is 1. The van der Waals surface area contributed by atoms with E-state index in [-0.39, 0.29) is 0 Å². The van der Waals surface area contributed by atoms with Gasteiger partial charge in [0.1, 0.15) is 0 Å². The van der Waals surface area contributed by atoms with Crippen LogP contribution in [0.3, 0.4) is 0 Å². The van der Waals surface area contributed by atoms with E-state index in [0.717, 1.165) is 5.92 Å². The smallest absolute Gasteiger partial charge is 0.00850 e. The van der Waals surface area contributed by atoms with E-state index in [1.165, 1.54) is 32.6 Å². The summed E-state index contributed by atoms with van der Waals surface area (Å²) in [7, 11) is 2.21. The maximum atomic E-state index is 3.52. The molecule has 0 aromatic rings. The van der Waals surface area contributed by atoms with E-state index in [9.17, 15) is 0 Å². The SMILES string of the molecule is CC1CNCC2(C1)CN(C)C2. The first kappa shape index (κ1) is 7.56. The summed E-state index contributed by atoms with van der Waals surface area (Å²) in [5, 5.41) is 3.52. The fraction of sp³-hybridized carbons (Fsp3) is 1.00. The quantitative estimate of drug-likeness (QED) is 0.548. The molecule has 0 aliphatic carbocycles. The second kappa shape index (κ2) is 2.46. The lowest BCUT2D eigenvalue weighted by atomic mass is 9.71. The van der Waals surface area contributed by atoms with E-state index in [1.807, 2.05) is 0 Å². The first-order valence-corrected chi connectivity index (χ1v) is 4.59. The van der Waals surface area contributed by atoms with Crippen LogP contribution in [-0.4, -0.2) is 38.1 Å². The first-order valence-electron chi connectivity index (χ1n) is 4.59. The van der Waals surface area contributed by atoms with Gasteiger partial charge in [-0.15, -0.1) is 0 Å². The highest BCUT2D eigenvalue weighted by Crippen LogP contribution is 2.37. The number of nitrogens with one attached hydrogen (secondary N) is 1. The minimum absolute atomic E-state index is 0.659. The fourth-order valence-electron chi connectivity index (χ4n) is 2.81. The van der Waals surface area contributed by atoms with Crippen molar-refractivity contribution in [1.82, 2.24) is 10.2 Å². The summed E-state index contributed by atoms with van der Waals surface area (Å²) in [4.78, 5) is 2.42. The van der Waals surface area contributed by atoms with Gasteiger partial charge in [-0.2, -0.15) is 0 Å². The molecule has 1 spiro atoms. The zero-order valence-electron chi connectivity index (χ0n) is 7.56. The number of hydrogen-bond acceptors (Lipinski definition) is 2. The van der Waals surface area contributed by atoms with Gasteiger partial charge in [0.05, 0.1) is 0 Å². The molecule has 1 unspecified atom stereocenters. The van der Waals surface area contributed by atoms with E-state index in [2.05, 4.69) is 24.2 Å². The van der Waals surface area contributed by atoms with Gasteiger partial charge in [0.15, 0.2) is 0 Å². The lowest BCUT2D eigenvalue weighted by molar-refractivity contribution is -0.0126. The third-order valence-electron chi connectivity index (χ3n) is 2.98. The van der Waals surface area contributed by atoms with Gasteiger partial charge in [-0.05, 0) is 25.9 Å². The Morgan fingerprint density at radius 2 is 2.18 bits per heavy atom. The van der Waals surface area contributed by atoms with Crippen LogP contribution in [0.1, 0.15) is 13.3 Å². The Morgan fingerprint density at radius 1 is 1.45 bits per heavy atom. The maximum absolute atomic E-state index is 3.52. The Morgan fingerprint density at radius 3 is 2.73 bits per heavy atom. The molecule has 1 atom stereocenters. The van der Waals surface area contributed by atoms with E-state index in [1.54, 1.807) is 0 Å². The summed E-state index contributed by atoms with van der Waals surface area (Å²) in [6.45, 7) is 7.45. The fourth-order valence-corrected chi connectivity index (χ4v) is 2.81. The van der Waals surface area contributed by atoms with E-state index in [0.29, 0.717) is 5.41 Å². The predicted molar refractivity (Wildman–Crippen MR) is 46.6 cm³/mol. The molecule has 2 nitrogen and oxygen atoms in total. The van der Waals surface area contributed by atoms with Crippen LogP contribution in [0.2, 0.25) is 0 Å². The van der Waals surface area contributed by atoms with Crippen molar-refractivity contribution in [1.29, 1.82) is 0 Å². The van der Waals surface area contributed by atoms with Gasteiger partial charge in [0.2, 0.25) is 0 Å². The molecule has 2 fully saturated rings. The molecule has 11 heavy (non-hydrogen) atoms. The van der Waals surface area contributed by atoms with Gasteiger partial charge in [0, 0.05) is 25.0 Å². The molecular weight excluding hydrogens is 136 g/mol. The predicted octanol–water partition coefficient (Wildman–Crippen LogP) is 0.548. The molecular formula is C9H18N2. The van der Waals surface area contributed by atoms with Crippen LogP contribution in [0, 0.1) is 11.3 Å². The van der Waals surface area contributed by atoms with Crippen LogP contribution in [0.5, 0.6) is 0 Å². The molecule has 2 rings (SSSR count). The lowest BCUT2D eigenvalue weighted by Gasteiger charge is -2.52. The highest BCUT2D eigenvalue weighted by atomic mass is 15.2. The van der Waals surface area contributed by atoms with E-state index >= 15 is 0 Å². The van der Waals surface area contributed by atoms with Crippen LogP contribution < -0.4 is 5.32 Å². The normalized spacial score (nSPS) is 37.1. The minimum atomic E-state index is 0.659. The maximum Gasteiger partial charge on any atom is 0.00850 e. The van der Waals surface area contributed by atoms with Gasteiger partial charge in [-0.1, -0.05) is 6.92 Å². The summed E-state index contributed by atoms with van der Waals surface area (Å²) >= 11 is 0. The van der Waals surface area contributed by atoms with Crippen molar-refractivity contribution >= 4 is 0 Å². The molecule has 2 heterocycles. The van der Waals surface area contributed by atoms with Crippen LogP contribution in [-0.2, 0) is 0 Å². The van der Waals surface area contributed by atoms with Crippen LogP contribution in [0.15, 0.2) is 0 Å². The Hall–Kier alpha value is -0.0800. The number of rotatable bonds is 0. The minimum Gasteiger partial charge on any atom is -0.316 e. The van der Waals surface area contributed by atoms with Crippen LogP contribution in [0.25, 0.3) is 0 Å². The highest BCUT2D eigenvalue weighted by Gasteiger charge is 2.43. The van der Waals surface area contributed by atoms with Crippen LogP contribution >= 0.6 is 0 Å². The van der Waals surface area contributed by atoms with Gasteiger partial charge < -0.3 is 10.2 Å². The van der Waals surface area contributed by atoms with E-state index in [4.69, 9.17) is 0 Å². The van der Waals surface area contributed by atoms with Crippen molar-refractivity contribution in [3.8, 4) is 0 Å². The van der Waals surface area contributed by atoms with Gasteiger partial charge in [-0.3, -0.25) is 0 Å². The lowest BCUT2D eigenvalue weighted by Crippen LogP contribution is -2.62. The summed E-state index contributed by atoms with van der Waals surface area (Å²) in [5.74, 6) is 0.887. The standard InChI is InChI=1S/C9H18N2/c1-8-3-9(5-10-4-8)6-11(2)7-9/h8,10H,3-7H2,1-2H3. The molecule has 0 bridgehead atoms. The highest BCUT2D eigenvalue weighted by molar-refractivity contribution is 4.98. The van der Waals surface area contributed by atoms with Crippen molar-refractivity contribution < 1.29 is 0 Å². The Labute approximate surface area is 69.0 Å². The Kier molecular flexibility index (Phi) is 1.69. The monoisotopic (exact) mass is 154 g/mol. The summed E-state index contributed by atoms with van der Waals surface area (Å²) < 4.78 is 0. The third kappa shape index (κ3) is 1.30. The Balaban J connectivity index is 1.93. The molecule has 2 aliphatic heterocycles. The third-order valence-corrected chi connectivity index (χ3v) is 2.98. The molecule has 2 heteroatoms. The average molecular weight is 154 g/mol. The molecule has 0 radical (unpaired) electrons. The molecule has 0 aromatic heterocycles. The molecule has 0 amide bonds. The van der Waals surface area contributed by atoms with Crippen molar-refractivity contribution in [3.63, 3.8) is 0 Å². The number of nitrogens with zero attached hydrogens (tertiary/aromatic N) is 1. The Bertz CT molecular complexity index is 144. The first-order chi connectivity index (χ1) is 5.20. The zero-order valence-corrected chi connectivity index (χ0v) is 7.56. The molecule has 0 saturated carbocycles. The second-order valence-corrected chi connectivity index (χ2v) is 4.61. The van der Waals surface area contributed by atoms with Crippen molar-refractivity contribution in [2.24, 2.45) is 11.3 Å². The number of piperidine rings is 1. The largest absolute Gasteiger partial charge is 0.316 e. The van der Waals surface area contributed by atoms with Crippen LogP contribution in [0.4, 0.5) is 0 Å². The van der Waals surface area contributed by atoms with Crippen molar-refractivity contribution in [2.45, 2.75) is 13.3 Å². The summed E-state index contributed by atoms with van der Waals surface area (Å²) in [6, 6.07) is 0. The van der Waals surface area contributed by atoms with Crippen molar-refractivity contribution in [3.05, 3.63) is 0 Å². The number of likely N-dealkylation sites (tertiary alicyclic amines) is 1. The summed E-state index contributed by atoms with van der Waals surface area (Å²) in [6.07, 6.45) is 1.43. The van der Waals surface area contributed by atoms with Gasteiger partial charge >= 0.3 is 0 Å². The topological polar surface area (TPSA) is 15.3 Å². The molecule has 1 N–H and O–H groups in total. The van der Waals surface area contributed by atoms with Crippen molar-refractivity contribution in [2.75, 3.05) is 33.2 Å². The summed E-state index contributed by atoms with van der Waals surface area (Å²) in [5.41, 5.74) is 0.659. The molecule has 0 aromatic carbocycles. The second-order valence-electron chi connectivity index (χ2n) is 4.61. The van der Waals surface area contributed by atoms with Gasteiger partial charge in [0.25, 0.3) is 0 Å². The zero-order chi connectivity index (χ0) is 7.90. The molecule has 2 aliphatic rings.